The first-order chi connectivity index (χ1) is 4.62. The molecule has 0 aromatic rings. The molecule has 0 aliphatic heterocycles. The summed E-state index contributed by atoms with van der Waals surface area (Å²) in [7, 11) is 5.45. The first-order valence-electron chi connectivity index (χ1n) is 3.04. The molecule has 0 spiro atoms. The number of nitrogens with zero attached hydrogens (tertiary/aromatic N) is 1. The van der Waals surface area contributed by atoms with E-state index in [2.05, 4.69) is 5.75 Å². The van der Waals surface area contributed by atoms with Gasteiger partial charge in [-0.2, -0.15) is 0 Å². The Kier molecular flexibility index (Phi) is 4.67. The van der Waals surface area contributed by atoms with Crippen LogP contribution < -0.4 is 0 Å². The Balaban J connectivity index is 3.82. The van der Waals surface area contributed by atoms with Crippen LogP contribution in [0, 0.1) is 5.75 Å². The van der Waals surface area contributed by atoms with E-state index in [1.165, 1.54) is 0 Å². The number of methoxy groups -OCH3 is 1. The molecule has 0 heterocycles. The van der Waals surface area contributed by atoms with Gasteiger partial charge in [0.25, 0.3) is 0 Å². The minimum absolute atomic E-state index is 0.0436. The Morgan fingerprint density at radius 1 is 1.70 bits per heavy atom. The predicted octanol–water partition coefficient (Wildman–Crippen LogP) is 0.918. The van der Waals surface area contributed by atoms with E-state index in [-0.39, 0.29) is 7.92 Å². The van der Waals surface area contributed by atoms with E-state index < -0.39 is 0 Å². The molecule has 0 bridgehead atoms. The van der Waals surface area contributed by atoms with Crippen LogP contribution in [0.25, 0.3) is 0 Å². The number of quaternary nitrogens is 1. The zero-order valence-electron chi connectivity index (χ0n) is 6.63. The fourth-order valence-corrected chi connectivity index (χ4v) is 0.801. The van der Waals surface area contributed by atoms with Gasteiger partial charge in [0.05, 0.1) is 0 Å². The van der Waals surface area contributed by atoms with Gasteiger partial charge in [-0.15, -0.1) is 0 Å². The zero-order valence-corrected chi connectivity index (χ0v) is 7.52. The van der Waals surface area contributed by atoms with Crippen LogP contribution in [0.5, 0.6) is 0 Å². The minimum atomic E-state index is -0.0436. The molecule has 0 saturated carbocycles. The van der Waals surface area contributed by atoms with Gasteiger partial charge in [-0.05, 0) is 0 Å². The second-order valence-electron chi connectivity index (χ2n) is 2.59. The molecule has 0 aromatic carbocycles. The predicted molar refractivity (Wildman–Crippen MR) is 40.3 cm³/mol. The van der Waals surface area contributed by atoms with Crippen molar-refractivity contribution in [3.8, 4) is 5.75 Å². The second-order valence-corrected chi connectivity index (χ2v) is 2.98. The molecule has 0 aliphatic rings. The number of ether oxygens (including phenoxy) is 1. The van der Waals surface area contributed by atoms with E-state index in [0.717, 1.165) is 6.54 Å². The van der Waals surface area contributed by atoms with Crippen LogP contribution in [0.3, 0.4) is 0 Å². The van der Waals surface area contributed by atoms with Crippen LogP contribution in [0.1, 0.15) is 0 Å². The van der Waals surface area contributed by atoms with Gasteiger partial charge in [0.1, 0.15) is 0 Å². The van der Waals surface area contributed by atoms with Crippen LogP contribution in [-0.4, -0.2) is 38.8 Å². The molecule has 4 heteroatoms. The topological polar surface area (TPSA) is 26.3 Å². The van der Waals surface area contributed by atoms with Crippen molar-refractivity contribution >= 4 is 7.92 Å². The molecule has 0 fully saturated rings. The van der Waals surface area contributed by atoms with Crippen LogP contribution in [0.4, 0.5) is 0 Å². The molecule has 0 aromatic heterocycles. The summed E-state index contributed by atoms with van der Waals surface area (Å²) < 4.78 is 15.5. The van der Waals surface area contributed by atoms with Gasteiger partial charge in [-0.25, -0.2) is 0 Å². The maximum atomic E-state index is 10.1. The first-order valence-corrected chi connectivity index (χ1v) is 3.85. The molecule has 0 amide bonds. The van der Waals surface area contributed by atoms with Crippen LogP contribution in [0.15, 0.2) is 0 Å². The van der Waals surface area contributed by atoms with E-state index in [0.29, 0.717) is 11.1 Å². The van der Waals surface area contributed by atoms with Gasteiger partial charge in [0.2, 0.25) is 0 Å². The molecule has 10 heavy (non-hydrogen) atoms. The summed E-state index contributed by atoms with van der Waals surface area (Å²) in [6.07, 6.45) is 0. The summed E-state index contributed by atoms with van der Waals surface area (Å²) in [5, 5.41) is 0. The van der Waals surface area contributed by atoms with Gasteiger partial charge in [-0.1, -0.05) is 0 Å². The summed E-state index contributed by atoms with van der Waals surface area (Å²) in [6.45, 7) is 1.46. The Bertz CT molecular complexity index is 183. The van der Waals surface area contributed by atoms with Crippen LogP contribution in [0.2, 0.25) is 0 Å². The van der Waals surface area contributed by atoms with Crippen LogP contribution >= 0.6 is 7.92 Å². The Morgan fingerprint density at radius 2 is 2.30 bits per heavy atom. The van der Waals surface area contributed by atoms with E-state index in [1.54, 1.807) is 7.11 Å². The number of rotatable bonds is 3. The van der Waals surface area contributed by atoms with Crippen molar-refractivity contribution in [2.24, 2.45) is 0 Å². The molecular weight excluding hydrogens is 151 g/mol. The Hall–Kier alpha value is -0.0700. The Labute approximate surface area is 62.7 Å². The second kappa shape index (κ2) is 4.70. The molecule has 0 aliphatic carbocycles. The van der Waals surface area contributed by atoms with Gasteiger partial charge in [0, 0.05) is 0 Å². The maximum absolute atomic E-state index is 10.1. The summed E-state index contributed by atoms with van der Waals surface area (Å²) in [4.78, 5) is 0. The fourth-order valence-electron chi connectivity index (χ4n) is 0.480. The quantitative estimate of drug-likeness (QED) is 0.458. The van der Waals surface area contributed by atoms with Crippen molar-refractivity contribution < 1.29 is 13.8 Å². The van der Waals surface area contributed by atoms with Gasteiger partial charge in [-0.3, -0.25) is 0 Å². The monoisotopic (exact) mass is 164 g/mol. The zero-order chi connectivity index (χ0) is 8.04. The van der Waals surface area contributed by atoms with Gasteiger partial charge < -0.3 is 0 Å². The third-order valence-electron chi connectivity index (χ3n) is 1.17. The van der Waals surface area contributed by atoms with Crippen molar-refractivity contribution in [2.45, 2.75) is 0 Å². The van der Waals surface area contributed by atoms with E-state index in [4.69, 9.17) is 4.74 Å². The summed E-state index contributed by atoms with van der Waals surface area (Å²) in [5.74, 6) is 2.73. The van der Waals surface area contributed by atoms with E-state index >= 15 is 0 Å². The molecule has 0 N–H and O–H groups in total. The van der Waals surface area contributed by atoms with Crippen molar-refractivity contribution in [1.82, 2.24) is 0 Å². The number of likely N-dealkylation sites (N-methyl/N-ethyl adjacent to an activating group) is 1. The van der Waals surface area contributed by atoms with Crippen molar-refractivity contribution in [2.75, 3.05) is 34.4 Å². The summed E-state index contributed by atoms with van der Waals surface area (Å²) in [6, 6.07) is 0. The average molecular weight is 164 g/mol. The molecular formula is C6H13NO2P+. The molecule has 0 unspecified atom stereocenters. The molecule has 0 rings (SSSR count). The third-order valence-corrected chi connectivity index (χ3v) is 1.79. The van der Waals surface area contributed by atoms with Crippen molar-refractivity contribution in [1.29, 1.82) is 0 Å². The number of hydrogen-bond donors (Lipinski definition) is 0. The van der Waals surface area contributed by atoms with Gasteiger partial charge >= 0.3 is 61.8 Å². The average Bonchev–Trinajstić information content (AvgIpc) is 1.84. The molecule has 0 atom stereocenters. The molecule has 0 radical (unpaired) electrons. The standard InChI is InChI=1S/C6H13NO2P/c1-7(2,6-10-8)4-5-9-3/h4-5H2,1-3H3/q+1/i3+2. The molecule has 0 saturated heterocycles. The van der Waals surface area contributed by atoms with Crippen LogP contribution in [-0.2, 0) is 9.30 Å². The first kappa shape index (κ1) is 9.93. The SMILES string of the molecule is C[N+](C)(C#P=O)CCO[14CH3]. The van der Waals surface area contributed by atoms with E-state index in [1.807, 2.05) is 14.1 Å². The van der Waals surface area contributed by atoms with Gasteiger partial charge in [0.15, 0.2) is 0 Å². The molecule has 3 nitrogen and oxygen atoms in total. The third kappa shape index (κ3) is 4.78. The summed E-state index contributed by atoms with van der Waals surface area (Å²) in [5.41, 5.74) is 0. The number of hydrogen-bond acceptors (Lipinski definition) is 2. The molecule has 58 valence electrons. The van der Waals surface area contributed by atoms with Crippen molar-refractivity contribution in [3.63, 3.8) is 0 Å². The summed E-state index contributed by atoms with van der Waals surface area (Å²) >= 11 is 0. The Morgan fingerprint density at radius 3 is 2.70 bits per heavy atom. The van der Waals surface area contributed by atoms with E-state index in [9.17, 15) is 4.57 Å². The normalized spacial score (nSPS) is 10.7. The van der Waals surface area contributed by atoms with Crippen molar-refractivity contribution in [3.05, 3.63) is 0 Å². The fraction of sp³-hybridized carbons (Fsp3) is 0.833.